The molecule has 9 fully saturated rings. The van der Waals surface area contributed by atoms with Gasteiger partial charge in [-0.25, -0.2) is 0 Å². The lowest BCUT2D eigenvalue weighted by molar-refractivity contribution is -0.398. The van der Waals surface area contributed by atoms with Crippen molar-refractivity contribution in [1.29, 1.82) is 0 Å². The second kappa shape index (κ2) is 32.3. The summed E-state index contributed by atoms with van der Waals surface area (Å²) in [5, 5.41) is 270. The molecule has 9 unspecified atom stereocenters. The van der Waals surface area contributed by atoms with Crippen LogP contribution < -0.4 is 0 Å². The van der Waals surface area contributed by atoms with Gasteiger partial charge in [-0.1, -0.05) is 0 Å². The third-order valence-electron chi connectivity index (χ3n) is 17.5. The van der Waals surface area contributed by atoms with E-state index in [2.05, 4.69) is 0 Å². The van der Waals surface area contributed by atoms with Gasteiger partial charge in [-0.2, -0.15) is 0 Å². The molecule has 0 aromatic heterocycles. The number of aliphatic hydroxyl groups excluding tert-OH is 25. The summed E-state index contributed by atoms with van der Waals surface area (Å²) in [6.07, 6.45) is -82.8. The molecule has 0 saturated carbocycles. The molecule has 42 heteroatoms. The summed E-state index contributed by atoms with van der Waals surface area (Å²) in [5.74, 6) is 0. The van der Waals surface area contributed by atoms with Crippen LogP contribution in [0.4, 0.5) is 0 Å². The molecule has 0 amide bonds. The van der Waals surface area contributed by atoms with Crippen molar-refractivity contribution in [3.8, 4) is 0 Å². The molecule has 0 aromatic rings. The molecular formula is C51H86O42. The Bertz CT molecular complexity index is 2280. The molecule has 9 aliphatic heterocycles. The van der Waals surface area contributed by atoms with Crippen molar-refractivity contribution in [1.82, 2.24) is 0 Å². The number of ether oxygens (including phenoxy) is 17. The van der Waals surface area contributed by atoms with Crippen molar-refractivity contribution in [2.75, 3.05) is 52.9 Å². The van der Waals surface area contributed by atoms with Crippen LogP contribution in [-0.2, 0) is 80.5 Å². The van der Waals surface area contributed by atoms with E-state index in [1.54, 1.807) is 0 Å². The SMILES string of the molecule is C[C@H]1O[C@@H](O[C@H]2[C@H](OC3C(OC[C@H]4O[C@@H](O[C@H]5[C@H](O)[C@@H](O)[C@H](O)O[C@@H]5CO)[C@H](O)[C@@H](O)[C@@H]4O[C@@H]4O[C@H](COC5OCC(O)[C@H](O)C5O)[C@@H](O[C@@H]5O[C@H](COC6OCC(O)[C@H](O)C6O)[C@@H](O)[C@H](O)[C@H]5O)[C@H](O)[C@H]4O)OCC(O)[C@@H]3O)O[C@H](CO)[C@H](O)[C@@H]2O)[C@H](O)[C@@H](O)[C@H]1O. The molecule has 0 aromatic carbocycles. The van der Waals surface area contributed by atoms with E-state index in [1.165, 1.54) is 6.92 Å². The van der Waals surface area contributed by atoms with Crippen LogP contribution in [0.2, 0.25) is 0 Å². The first kappa shape index (κ1) is 75.5. The van der Waals surface area contributed by atoms with Gasteiger partial charge in [0.05, 0.1) is 59.0 Å². The topological polar surface area (TPSA) is 663 Å². The molecule has 9 saturated heterocycles. The highest BCUT2D eigenvalue weighted by atomic mass is 16.8. The van der Waals surface area contributed by atoms with Gasteiger partial charge in [0.25, 0.3) is 0 Å². The first-order chi connectivity index (χ1) is 44.0. The van der Waals surface area contributed by atoms with Gasteiger partial charge in [-0.05, 0) is 6.92 Å². The maximum absolute atomic E-state index is 12.0. The number of rotatable bonds is 21. The van der Waals surface area contributed by atoms with Crippen molar-refractivity contribution in [3.05, 3.63) is 0 Å². The van der Waals surface area contributed by atoms with E-state index in [0.29, 0.717) is 0 Å². The first-order valence-electron chi connectivity index (χ1n) is 29.7. The van der Waals surface area contributed by atoms with E-state index in [0.717, 1.165) is 0 Å². The van der Waals surface area contributed by atoms with E-state index in [4.69, 9.17) is 80.5 Å². The molecule has 0 radical (unpaired) electrons. The van der Waals surface area contributed by atoms with Crippen LogP contribution >= 0.6 is 0 Å². The van der Waals surface area contributed by atoms with Crippen LogP contribution in [0.1, 0.15) is 6.92 Å². The average molecular weight is 1370 g/mol. The predicted octanol–water partition coefficient (Wildman–Crippen LogP) is -17.7. The summed E-state index contributed by atoms with van der Waals surface area (Å²) >= 11 is 0. The Labute approximate surface area is 525 Å². The standard InChI is InChI=1S/C51H86O42/c1-10-19(57)25(63)34(72)46(83-10)92-42-27(65)23(61)14(2-52)85-51(42)93-41-22(60)13(56)6-79-50(41)82-9-18-40(29(67)36(74)48(88-18)89-38-15(3-53)84-43(76)31(69)28(38)66)91-49-37(75)30(68)39(17(87-49)8-81-45-33(71)21(59)12(55)5-78-45)90-47-35(73)26(64)24(62)16(86-47)7-80-44-32(70)20(58)11(54)4-77-44/h10-76H,2-9H2,1H3/t10-,11?,12?,13?,14-,15-,16-,17-,18-,19+,20+,21+,22+,23+,24-,25+,26+,27+,28-,29-,30-,31-,32?,33?,34-,35-,36-,37-,38-,39-,40-,41?,42-,43-,44?,45?,46+,47+,48+,49+,50?,51+/m1/s1. The summed E-state index contributed by atoms with van der Waals surface area (Å²) in [6.45, 7) is -5.42. The van der Waals surface area contributed by atoms with Crippen LogP contribution in [-0.4, -0.2) is 439 Å². The molecule has 25 N–H and O–H groups in total. The van der Waals surface area contributed by atoms with Gasteiger partial charge in [0, 0.05) is 0 Å². The minimum Gasteiger partial charge on any atom is -0.394 e. The molecular weight excluding hydrogens is 1280 g/mol. The smallest absolute Gasteiger partial charge is 0.187 e. The minimum atomic E-state index is -2.43. The highest BCUT2D eigenvalue weighted by Crippen LogP contribution is 2.38. The van der Waals surface area contributed by atoms with Gasteiger partial charge in [-0.3, -0.25) is 0 Å². The van der Waals surface area contributed by atoms with E-state index in [9.17, 15) is 128 Å². The molecule has 0 aliphatic carbocycles. The second-order valence-corrected chi connectivity index (χ2v) is 23.9. The van der Waals surface area contributed by atoms with E-state index < -0.39 is 311 Å². The molecule has 9 heterocycles. The minimum absolute atomic E-state index is 0.512. The molecule has 0 bridgehead atoms. The highest BCUT2D eigenvalue weighted by Gasteiger charge is 2.58. The number of aliphatic hydroxyl groups is 25. The third kappa shape index (κ3) is 16.2. The summed E-state index contributed by atoms with van der Waals surface area (Å²) in [7, 11) is 0. The van der Waals surface area contributed by atoms with Gasteiger partial charge in [0.2, 0.25) is 0 Å². The zero-order chi connectivity index (χ0) is 67.9. The van der Waals surface area contributed by atoms with Gasteiger partial charge in [-0.15, -0.1) is 0 Å². The van der Waals surface area contributed by atoms with Crippen molar-refractivity contribution < 1.29 is 208 Å². The lowest BCUT2D eigenvalue weighted by atomic mass is 9.95. The van der Waals surface area contributed by atoms with E-state index in [1.807, 2.05) is 0 Å². The molecule has 542 valence electrons. The van der Waals surface area contributed by atoms with Gasteiger partial charge in [0.1, 0.15) is 195 Å². The lowest BCUT2D eigenvalue weighted by Gasteiger charge is -2.49. The fourth-order valence-corrected chi connectivity index (χ4v) is 11.7. The fraction of sp³-hybridized carbons (Fsp3) is 1.00. The predicted molar refractivity (Wildman–Crippen MR) is 278 cm³/mol. The molecule has 9 rings (SSSR count). The van der Waals surface area contributed by atoms with Gasteiger partial charge >= 0.3 is 0 Å². The molecule has 42 atom stereocenters. The fourth-order valence-electron chi connectivity index (χ4n) is 11.7. The number of hydrogen-bond donors (Lipinski definition) is 25. The molecule has 42 nitrogen and oxygen atoms in total. The van der Waals surface area contributed by atoms with Crippen molar-refractivity contribution in [2.45, 2.75) is 265 Å². The van der Waals surface area contributed by atoms with Gasteiger partial charge in [0.15, 0.2) is 56.6 Å². The second-order valence-electron chi connectivity index (χ2n) is 23.9. The maximum atomic E-state index is 12.0. The van der Waals surface area contributed by atoms with Gasteiger partial charge < -0.3 is 208 Å². The Morgan fingerprint density at radius 3 is 1.08 bits per heavy atom. The van der Waals surface area contributed by atoms with E-state index in [-0.39, 0.29) is 0 Å². The summed E-state index contributed by atoms with van der Waals surface area (Å²) in [6, 6.07) is 0. The Morgan fingerprint density at radius 2 is 0.581 bits per heavy atom. The zero-order valence-corrected chi connectivity index (χ0v) is 49.0. The van der Waals surface area contributed by atoms with E-state index >= 15 is 0 Å². The monoisotopic (exact) mass is 1370 g/mol. The summed E-state index contributed by atoms with van der Waals surface area (Å²) in [5.41, 5.74) is 0. The van der Waals surface area contributed by atoms with Crippen LogP contribution in [0.15, 0.2) is 0 Å². The third-order valence-corrected chi connectivity index (χ3v) is 17.5. The molecule has 0 spiro atoms. The van der Waals surface area contributed by atoms with Crippen LogP contribution in [0, 0.1) is 0 Å². The summed E-state index contributed by atoms with van der Waals surface area (Å²) < 4.78 is 97.3. The van der Waals surface area contributed by atoms with Crippen LogP contribution in [0.3, 0.4) is 0 Å². The van der Waals surface area contributed by atoms with Crippen molar-refractivity contribution >= 4 is 0 Å². The Balaban J connectivity index is 0.984. The Hall–Kier alpha value is -1.68. The van der Waals surface area contributed by atoms with Crippen molar-refractivity contribution in [3.63, 3.8) is 0 Å². The lowest BCUT2D eigenvalue weighted by Crippen LogP contribution is -2.68. The average Bonchev–Trinajstić information content (AvgIpc) is 0.786. The maximum Gasteiger partial charge on any atom is 0.187 e. The van der Waals surface area contributed by atoms with Crippen molar-refractivity contribution in [2.24, 2.45) is 0 Å². The molecule has 93 heavy (non-hydrogen) atoms. The zero-order valence-electron chi connectivity index (χ0n) is 49.0. The molecule has 9 aliphatic rings. The number of hydrogen-bond acceptors (Lipinski definition) is 42. The Morgan fingerprint density at radius 1 is 0.258 bits per heavy atom. The first-order valence-corrected chi connectivity index (χ1v) is 29.7. The largest absolute Gasteiger partial charge is 0.394 e. The normalized spacial score (nSPS) is 54.4. The highest BCUT2D eigenvalue weighted by molar-refractivity contribution is 5.00. The van der Waals surface area contributed by atoms with Crippen LogP contribution in [0.5, 0.6) is 0 Å². The quantitative estimate of drug-likeness (QED) is 0.0507. The Kier molecular flexibility index (Phi) is 26.2. The summed E-state index contributed by atoms with van der Waals surface area (Å²) in [4.78, 5) is 0. The van der Waals surface area contributed by atoms with Crippen LogP contribution in [0.25, 0.3) is 0 Å².